The molecule has 1 aromatic heterocycles. The van der Waals surface area contributed by atoms with Gasteiger partial charge in [0.05, 0.1) is 12.0 Å². The molecule has 100 valence electrons. The summed E-state index contributed by atoms with van der Waals surface area (Å²) in [5, 5.41) is 3.63. The summed E-state index contributed by atoms with van der Waals surface area (Å²) < 4.78 is 15.4. The van der Waals surface area contributed by atoms with Gasteiger partial charge in [0, 0.05) is 24.8 Å². The molecule has 2 aromatic rings. The molecule has 1 fully saturated rings. The van der Waals surface area contributed by atoms with E-state index in [1.807, 2.05) is 23.9 Å². The van der Waals surface area contributed by atoms with Crippen molar-refractivity contribution in [3.8, 4) is 0 Å². The number of nitrogens with one attached hydrogen (secondary N) is 1. The van der Waals surface area contributed by atoms with Crippen molar-refractivity contribution in [2.45, 2.75) is 31.3 Å². The second kappa shape index (κ2) is 4.46. The van der Waals surface area contributed by atoms with E-state index in [1.54, 1.807) is 18.5 Å². The summed E-state index contributed by atoms with van der Waals surface area (Å²) in [5.74, 6) is -0.168. The van der Waals surface area contributed by atoms with E-state index in [0.717, 1.165) is 24.1 Å². The highest BCUT2D eigenvalue weighted by molar-refractivity contribution is 5.31. The van der Waals surface area contributed by atoms with Crippen LogP contribution in [0.5, 0.6) is 0 Å². The first-order valence-electron chi connectivity index (χ1n) is 6.61. The van der Waals surface area contributed by atoms with E-state index in [1.165, 1.54) is 6.07 Å². The smallest absolute Gasteiger partial charge is 0.123 e. The zero-order chi connectivity index (χ0) is 13.5. The van der Waals surface area contributed by atoms with E-state index < -0.39 is 0 Å². The van der Waals surface area contributed by atoms with Gasteiger partial charge < -0.3 is 4.57 Å². The van der Waals surface area contributed by atoms with Crippen LogP contribution in [0.2, 0.25) is 0 Å². The molecule has 3 nitrogen and oxygen atoms in total. The largest absolute Gasteiger partial charge is 0.336 e. The lowest BCUT2D eigenvalue weighted by Crippen LogP contribution is -2.32. The van der Waals surface area contributed by atoms with Crippen LogP contribution in [-0.2, 0) is 12.6 Å². The molecule has 0 unspecified atom stereocenters. The van der Waals surface area contributed by atoms with Crippen LogP contribution in [0.25, 0.3) is 0 Å². The summed E-state index contributed by atoms with van der Waals surface area (Å²) in [7, 11) is 1.99. The van der Waals surface area contributed by atoms with Gasteiger partial charge in [0.1, 0.15) is 5.82 Å². The number of rotatable bonds is 4. The molecule has 3 rings (SSSR count). The summed E-state index contributed by atoms with van der Waals surface area (Å²) in [6.45, 7) is 2.12. The Kier molecular flexibility index (Phi) is 2.90. The first kappa shape index (κ1) is 12.4. The number of aromatic nitrogens is 2. The summed E-state index contributed by atoms with van der Waals surface area (Å²) in [6.07, 6.45) is 5.78. The van der Waals surface area contributed by atoms with E-state index in [9.17, 15) is 4.39 Å². The van der Waals surface area contributed by atoms with Crippen LogP contribution in [0.4, 0.5) is 4.39 Å². The van der Waals surface area contributed by atoms with Crippen molar-refractivity contribution >= 4 is 0 Å². The SMILES string of the molecule is C[C@@H](NC1(c2cccc(F)c2)CC1)c1cncn1C. The molecule has 0 saturated heterocycles. The fourth-order valence-electron chi connectivity index (χ4n) is 2.70. The van der Waals surface area contributed by atoms with E-state index in [-0.39, 0.29) is 17.4 Å². The second-order valence-electron chi connectivity index (χ2n) is 5.39. The maximum absolute atomic E-state index is 13.4. The third-order valence-electron chi connectivity index (χ3n) is 3.92. The highest BCUT2D eigenvalue weighted by Gasteiger charge is 2.45. The molecule has 1 aliphatic rings. The van der Waals surface area contributed by atoms with Gasteiger partial charge >= 0.3 is 0 Å². The van der Waals surface area contributed by atoms with Crippen LogP contribution >= 0.6 is 0 Å². The highest BCUT2D eigenvalue weighted by atomic mass is 19.1. The molecular formula is C15H18FN3. The molecule has 0 bridgehead atoms. The number of halogens is 1. The molecule has 1 aliphatic carbocycles. The average Bonchev–Trinajstić information content (AvgIpc) is 3.03. The summed E-state index contributed by atoms with van der Waals surface area (Å²) in [5.41, 5.74) is 2.12. The number of hydrogen-bond acceptors (Lipinski definition) is 2. The molecule has 1 aromatic carbocycles. The van der Waals surface area contributed by atoms with Gasteiger partial charge in [0.15, 0.2) is 0 Å². The Hall–Kier alpha value is -1.68. The summed E-state index contributed by atoms with van der Waals surface area (Å²) in [4.78, 5) is 4.14. The van der Waals surface area contributed by atoms with Gasteiger partial charge in [-0.1, -0.05) is 12.1 Å². The Balaban J connectivity index is 1.81. The van der Waals surface area contributed by atoms with Crippen molar-refractivity contribution < 1.29 is 4.39 Å². The zero-order valence-corrected chi connectivity index (χ0v) is 11.2. The first-order valence-corrected chi connectivity index (χ1v) is 6.61. The topological polar surface area (TPSA) is 29.9 Å². The van der Waals surface area contributed by atoms with Crippen molar-refractivity contribution in [2.75, 3.05) is 0 Å². The van der Waals surface area contributed by atoms with Crippen LogP contribution in [0.15, 0.2) is 36.8 Å². The molecule has 0 aliphatic heterocycles. The first-order chi connectivity index (χ1) is 9.11. The van der Waals surface area contributed by atoms with Crippen LogP contribution in [0, 0.1) is 5.82 Å². The number of aryl methyl sites for hydroxylation is 1. The predicted molar refractivity (Wildman–Crippen MR) is 72.1 cm³/mol. The minimum atomic E-state index is -0.168. The van der Waals surface area contributed by atoms with E-state index in [2.05, 4.69) is 17.2 Å². The van der Waals surface area contributed by atoms with Gasteiger partial charge in [-0.25, -0.2) is 9.37 Å². The fourth-order valence-corrected chi connectivity index (χ4v) is 2.70. The molecule has 0 amide bonds. The normalized spacial score (nSPS) is 18.3. The van der Waals surface area contributed by atoms with Gasteiger partial charge in [0.2, 0.25) is 0 Å². The Labute approximate surface area is 112 Å². The lowest BCUT2D eigenvalue weighted by Gasteiger charge is -2.23. The third-order valence-corrected chi connectivity index (χ3v) is 3.92. The summed E-state index contributed by atoms with van der Waals surface area (Å²) in [6, 6.07) is 7.10. The minimum absolute atomic E-state index is 0.0637. The van der Waals surface area contributed by atoms with Crippen LogP contribution < -0.4 is 5.32 Å². The van der Waals surface area contributed by atoms with Gasteiger partial charge in [-0.05, 0) is 37.5 Å². The molecule has 0 spiro atoms. The number of benzene rings is 1. The lowest BCUT2D eigenvalue weighted by atomic mass is 10.0. The van der Waals surface area contributed by atoms with E-state index in [0.29, 0.717) is 0 Å². The number of hydrogen-bond donors (Lipinski definition) is 1. The van der Waals surface area contributed by atoms with Crippen molar-refractivity contribution in [1.82, 2.24) is 14.9 Å². The van der Waals surface area contributed by atoms with E-state index in [4.69, 9.17) is 0 Å². The number of nitrogens with zero attached hydrogens (tertiary/aromatic N) is 2. The van der Waals surface area contributed by atoms with Gasteiger partial charge in [0.25, 0.3) is 0 Å². The maximum Gasteiger partial charge on any atom is 0.123 e. The Bertz CT molecular complexity index is 587. The average molecular weight is 259 g/mol. The zero-order valence-electron chi connectivity index (χ0n) is 11.2. The van der Waals surface area contributed by atoms with Crippen LogP contribution in [-0.4, -0.2) is 9.55 Å². The molecule has 1 saturated carbocycles. The van der Waals surface area contributed by atoms with Gasteiger partial charge in [-0.2, -0.15) is 0 Å². The third kappa shape index (κ3) is 2.28. The summed E-state index contributed by atoms with van der Waals surface area (Å²) >= 11 is 0. The monoisotopic (exact) mass is 259 g/mol. The predicted octanol–water partition coefficient (Wildman–Crippen LogP) is 2.90. The number of imidazole rings is 1. The Morgan fingerprint density at radius 2 is 2.21 bits per heavy atom. The molecule has 1 N–H and O–H groups in total. The van der Waals surface area contributed by atoms with Crippen LogP contribution in [0.1, 0.15) is 37.1 Å². The molecule has 0 radical (unpaired) electrons. The van der Waals surface area contributed by atoms with Crippen molar-refractivity contribution in [3.05, 3.63) is 53.9 Å². The van der Waals surface area contributed by atoms with Crippen molar-refractivity contribution in [1.29, 1.82) is 0 Å². The Morgan fingerprint density at radius 1 is 1.42 bits per heavy atom. The second-order valence-corrected chi connectivity index (χ2v) is 5.39. The van der Waals surface area contributed by atoms with Gasteiger partial charge in [-0.15, -0.1) is 0 Å². The highest BCUT2D eigenvalue weighted by Crippen LogP contribution is 2.47. The van der Waals surface area contributed by atoms with E-state index >= 15 is 0 Å². The fraction of sp³-hybridized carbons (Fsp3) is 0.400. The molecule has 1 heterocycles. The van der Waals surface area contributed by atoms with Crippen molar-refractivity contribution in [2.24, 2.45) is 7.05 Å². The molecule has 1 atom stereocenters. The molecular weight excluding hydrogens is 241 g/mol. The quantitative estimate of drug-likeness (QED) is 0.915. The lowest BCUT2D eigenvalue weighted by molar-refractivity contribution is 0.435. The molecule has 4 heteroatoms. The Morgan fingerprint density at radius 3 is 2.79 bits per heavy atom. The van der Waals surface area contributed by atoms with Gasteiger partial charge in [-0.3, -0.25) is 5.32 Å². The minimum Gasteiger partial charge on any atom is -0.336 e. The van der Waals surface area contributed by atoms with Crippen molar-refractivity contribution in [3.63, 3.8) is 0 Å². The maximum atomic E-state index is 13.4. The standard InChI is InChI=1S/C15H18FN3/c1-11(14-9-17-10-19(14)2)18-15(6-7-15)12-4-3-5-13(16)8-12/h3-5,8-11,18H,6-7H2,1-2H3/t11-/m1/s1. The molecule has 19 heavy (non-hydrogen) atoms. The van der Waals surface area contributed by atoms with Crippen LogP contribution in [0.3, 0.4) is 0 Å².